The number of halogens is 1. The first-order chi connectivity index (χ1) is 17.6. The van der Waals surface area contributed by atoms with Crippen LogP contribution in [0, 0.1) is 18.2 Å². The van der Waals surface area contributed by atoms with Gasteiger partial charge in [0.1, 0.15) is 17.4 Å². The van der Waals surface area contributed by atoms with E-state index in [4.69, 9.17) is 15.9 Å². The number of nitrogens with one attached hydrogen (secondary N) is 2. The zero-order valence-electron chi connectivity index (χ0n) is 22.3. The largest absolute Gasteiger partial charge is 0.483 e. The van der Waals surface area contributed by atoms with Gasteiger partial charge in [-0.1, -0.05) is 55.9 Å². The fourth-order valence-electron chi connectivity index (χ4n) is 3.64. The maximum absolute atomic E-state index is 13.5. The van der Waals surface area contributed by atoms with Crippen LogP contribution in [0.25, 0.3) is 11.1 Å². The lowest BCUT2D eigenvalue weighted by Gasteiger charge is -2.16. The Hall–Kier alpha value is -4.00. The highest BCUT2D eigenvalue weighted by atomic mass is 19.1. The van der Waals surface area contributed by atoms with Gasteiger partial charge in [-0.3, -0.25) is 15.2 Å². The molecule has 7 heteroatoms. The van der Waals surface area contributed by atoms with Crippen molar-refractivity contribution in [3.8, 4) is 16.9 Å². The Bertz CT molecular complexity index is 1220. The van der Waals surface area contributed by atoms with E-state index in [0.717, 1.165) is 35.1 Å². The second-order valence-corrected chi connectivity index (χ2v) is 8.69. The van der Waals surface area contributed by atoms with Crippen LogP contribution in [0.5, 0.6) is 5.75 Å². The van der Waals surface area contributed by atoms with E-state index in [-0.39, 0.29) is 18.3 Å². The van der Waals surface area contributed by atoms with E-state index in [1.165, 1.54) is 24.6 Å². The first-order valence-corrected chi connectivity index (χ1v) is 12.4. The second-order valence-electron chi connectivity index (χ2n) is 8.69. The summed E-state index contributed by atoms with van der Waals surface area (Å²) in [7, 11) is 0. The quantitative estimate of drug-likeness (QED) is 0.192. The molecule has 2 aromatic rings. The molecule has 1 amide bonds. The molecule has 0 atom stereocenters. The molecule has 0 bridgehead atoms. The van der Waals surface area contributed by atoms with Crippen LogP contribution in [-0.2, 0) is 4.79 Å². The third-order valence-electron chi connectivity index (χ3n) is 5.48. The molecule has 0 heterocycles. The predicted molar refractivity (Wildman–Crippen MR) is 151 cm³/mol. The van der Waals surface area contributed by atoms with Crippen molar-refractivity contribution in [3.05, 3.63) is 88.8 Å². The third-order valence-corrected chi connectivity index (χ3v) is 5.48. The van der Waals surface area contributed by atoms with Gasteiger partial charge in [0.2, 0.25) is 0 Å². The van der Waals surface area contributed by atoms with Gasteiger partial charge in [0, 0.05) is 11.1 Å². The summed E-state index contributed by atoms with van der Waals surface area (Å²) < 4.78 is 19.3. The molecule has 0 aliphatic heterocycles. The van der Waals surface area contributed by atoms with Gasteiger partial charge in [0.25, 0.3) is 5.91 Å². The molecule has 0 aliphatic rings. The zero-order valence-corrected chi connectivity index (χ0v) is 22.3. The van der Waals surface area contributed by atoms with Gasteiger partial charge < -0.3 is 15.8 Å². The fourth-order valence-corrected chi connectivity index (χ4v) is 3.64. The predicted octanol–water partition coefficient (Wildman–Crippen LogP) is 6.25. The van der Waals surface area contributed by atoms with Crippen LogP contribution < -0.4 is 15.8 Å². The lowest BCUT2D eigenvalue weighted by Crippen LogP contribution is -2.32. The molecule has 0 unspecified atom stereocenters. The first-order valence-electron chi connectivity index (χ1n) is 12.4. The fraction of sp³-hybridized carbons (Fsp3) is 0.300. The highest BCUT2D eigenvalue weighted by Crippen LogP contribution is 2.30. The van der Waals surface area contributed by atoms with E-state index < -0.39 is 5.91 Å². The Morgan fingerprint density at radius 2 is 1.76 bits per heavy atom. The number of carbonyl (C=O) groups is 1. The summed E-state index contributed by atoms with van der Waals surface area (Å²) in [6, 6.07) is 9.80. The van der Waals surface area contributed by atoms with Crippen LogP contribution in [0.4, 0.5) is 4.39 Å². The zero-order chi connectivity index (χ0) is 27.4. The lowest BCUT2D eigenvalue weighted by molar-refractivity contribution is -0.121. The minimum atomic E-state index is -0.434. The minimum absolute atomic E-state index is 0.0350. The molecule has 0 saturated heterocycles. The number of benzene rings is 2. The molecule has 2 aromatic carbocycles. The molecule has 0 saturated carbocycles. The highest BCUT2D eigenvalue weighted by molar-refractivity contribution is 6.01. The summed E-state index contributed by atoms with van der Waals surface area (Å²) in [6.07, 6.45) is 10.3. The van der Waals surface area contributed by atoms with E-state index >= 15 is 0 Å². The van der Waals surface area contributed by atoms with Gasteiger partial charge in [-0.25, -0.2) is 4.39 Å². The Labute approximate surface area is 219 Å². The number of allylic oxidation sites excluding steroid dienone is 4. The van der Waals surface area contributed by atoms with Crippen molar-refractivity contribution < 1.29 is 13.9 Å². The summed E-state index contributed by atoms with van der Waals surface area (Å²) >= 11 is 0. The second kappa shape index (κ2) is 14.5. The van der Waals surface area contributed by atoms with Gasteiger partial charge in [-0.15, -0.1) is 0 Å². The molecule has 6 nitrogen and oxygen atoms in total. The van der Waals surface area contributed by atoms with Crippen molar-refractivity contribution in [1.29, 1.82) is 5.41 Å². The highest BCUT2D eigenvalue weighted by Gasteiger charge is 2.14. The van der Waals surface area contributed by atoms with Gasteiger partial charge in [0.05, 0.1) is 12.4 Å². The smallest absolute Gasteiger partial charge is 0.263 e. The summed E-state index contributed by atoms with van der Waals surface area (Å²) in [6.45, 7) is 9.72. The maximum atomic E-state index is 13.5. The summed E-state index contributed by atoms with van der Waals surface area (Å²) in [5.41, 5.74) is 11.6. The van der Waals surface area contributed by atoms with Crippen LogP contribution in [0.15, 0.2) is 76.8 Å². The normalized spacial score (nSPS) is 12.6. The van der Waals surface area contributed by atoms with Crippen molar-refractivity contribution in [2.75, 3.05) is 13.2 Å². The van der Waals surface area contributed by atoms with Gasteiger partial charge in [0.15, 0.2) is 6.61 Å². The Morgan fingerprint density at radius 1 is 1.08 bits per heavy atom. The van der Waals surface area contributed by atoms with E-state index in [1.54, 1.807) is 18.2 Å². The number of nitrogens with two attached hydrogens (primary N) is 1. The van der Waals surface area contributed by atoms with Crippen LogP contribution in [0.2, 0.25) is 0 Å². The van der Waals surface area contributed by atoms with E-state index in [9.17, 15) is 9.18 Å². The van der Waals surface area contributed by atoms with Gasteiger partial charge >= 0.3 is 0 Å². The molecule has 0 radical (unpaired) electrons. The van der Waals surface area contributed by atoms with Crippen molar-refractivity contribution in [2.45, 2.75) is 47.5 Å². The summed E-state index contributed by atoms with van der Waals surface area (Å²) in [5, 5.41) is 9.83. The molecular formula is C30H37FN4O2. The molecule has 0 spiro atoms. The lowest BCUT2D eigenvalue weighted by atomic mass is 9.98. The topological polar surface area (TPSA) is 101 Å². The Kier molecular flexibility index (Phi) is 11.5. The maximum Gasteiger partial charge on any atom is 0.263 e. The number of amidine groups is 2. The average molecular weight is 505 g/mol. The van der Waals surface area contributed by atoms with E-state index in [1.807, 2.05) is 13.0 Å². The molecule has 0 aliphatic carbocycles. The van der Waals surface area contributed by atoms with Crippen LogP contribution in [0.1, 0.15) is 51.7 Å². The van der Waals surface area contributed by atoms with Crippen LogP contribution in [-0.4, -0.2) is 30.7 Å². The number of carbonyl (C=O) groups excluding carboxylic acids is 1. The number of amides is 1. The van der Waals surface area contributed by atoms with Crippen LogP contribution >= 0.6 is 0 Å². The molecule has 4 N–H and O–H groups in total. The van der Waals surface area contributed by atoms with Crippen LogP contribution in [0.3, 0.4) is 0 Å². The standard InChI is InChI=1S/C30H37FN4O2/c1-6-8-20(3)10-11-23(9-7-2)18-34-30(33)27-16-25(24-12-14-26(31)15-13-24)17-28(21(27)4)37-19-29(36)35-22(5)32/h8-17H,6-7,18-19H2,1-5H3,(H2,33,34)(H2,32,35,36)/b11-10-,20-8+,23-9-. The molecule has 2 rings (SSSR count). The molecule has 196 valence electrons. The van der Waals surface area contributed by atoms with Crippen molar-refractivity contribution in [3.63, 3.8) is 0 Å². The van der Waals surface area contributed by atoms with Crippen molar-refractivity contribution in [1.82, 2.24) is 5.32 Å². The van der Waals surface area contributed by atoms with E-state index in [0.29, 0.717) is 23.7 Å². The van der Waals surface area contributed by atoms with Gasteiger partial charge in [-0.05, 0) is 74.6 Å². The third kappa shape index (κ3) is 9.52. The molecule has 37 heavy (non-hydrogen) atoms. The van der Waals surface area contributed by atoms with Gasteiger partial charge in [-0.2, -0.15) is 0 Å². The Morgan fingerprint density at radius 3 is 2.38 bits per heavy atom. The minimum Gasteiger partial charge on any atom is -0.483 e. The number of ether oxygens (including phenoxy) is 1. The SMILES string of the molecule is CC/C=C(/C=C\C(C)=C\CC)CN=C(N)c1cc(-c2ccc(F)cc2)cc(OCC(=O)NC(C)=N)c1C. The number of nitrogens with zero attached hydrogens (tertiary/aromatic N) is 1. The summed E-state index contributed by atoms with van der Waals surface area (Å²) in [5.74, 6) is 0.0582. The number of aliphatic imine (C=N–C) groups is 1. The first kappa shape index (κ1) is 29.2. The van der Waals surface area contributed by atoms with Crippen molar-refractivity contribution in [2.24, 2.45) is 10.7 Å². The number of hydrogen-bond donors (Lipinski definition) is 3. The average Bonchev–Trinajstić information content (AvgIpc) is 2.85. The number of hydrogen-bond acceptors (Lipinski definition) is 4. The van der Waals surface area contributed by atoms with E-state index in [2.05, 4.69) is 55.4 Å². The molecular weight excluding hydrogens is 467 g/mol. The Balaban J connectivity index is 2.44. The monoisotopic (exact) mass is 504 g/mol. The molecule has 0 fully saturated rings. The van der Waals surface area contributed by atoms with Crippen molar-refractivity contribution >= 4 is 17.6 Å². The number of rotatable bonds is 11. The summed E-state index contributed by atoms with van der Waals surface area (Å²) in [4.78, 5) is 16.7. The molecule has 0 aromatic heterocycles.